The molecule has 1 N–H and O–H groups in total. The number of likely N-dealkylation sites (tertiary alicyclic amines) is 1. The maximum atomic E-state index is 14.2. The van der Waals surface area contributed by atoms with Crippen molar-refractivity contribution in [3.8, 4) is 0 Å². The molecule has 0 spiro atoms. The first kappa shape index (κ1) is 23.8. The van der Waals surface area contributed by atoms with Crippen LogP contribution in [0.5, 0.6) is 0 Å². The number of nitrogens with zero attached hydrogens (tertiary/aromatic N) is 4. The first-order chi connectivity index (χ1) is 16.2. The second-order valence-electron chi connectivity index (χ2n) is 8.74. The van der Waals surface area contributed by atoms with Crippen molar-refractivity contribution in [2.45, 2.75) is 46.3 Å². The van der Waals surface area contributed by atoms with Crippen LogP contribution >= 0.6 is 11.6 Å². The summed E-state index contributed by atoms with van der Waals surface area (Å²) in [6.45, 7) is 5.46. The lowest BCUT2D eigenvalue weighted by molar-refractivity contribution is -0.139. The minimum Gasteiger partial charge on any atom is -0.350 e. The molecule has 34 heavy (non-hydrogen) atoms. The van der Waals surface area contributed by atoms with Crippen LogP contribution in [0, 0.1) is 18.7 Å². The van der Waals surface area contributed by atoms with E-state index in [9.17, 15) is 18.8 Å². The minimum absolute atomic E-state index is 0.0147. The third kappa shape index (κ3) is 4.65. The van der Waals surface area contributed by atoms with Crippen LogP contribution in [-0.4, -0.2) is 49.8 Å². The molecule has 0 bridgehead atoms. The molecular formula is C24H25ClFN5O3. The number of hydrogen-bond donors (Lipinski definition) is 1. The molecule has 0 aliphatic carbocycles. The number of ketones is 1. The van der Waals surface area contributed by atoms with Crippen LogP contribution < -0.4 is 5.32 Å². The van der Waals surface area contributed by atoms with Crippen molar-refractivity contribution in [3.63, 3.8) is 0 Å². The molecular weight excluding hydrogens is 461 g/mol. The summed E-state index contributed by atoms with van der Waals surface area (Å²) in [7, 11) is 0. The zero-order valence-electron chi connectivity index (χ0n) is 19.1. The molecule has 2 amide bonds. The number of aryl methyl sites for hydroxylation is 1. The number of fused-ring (bicyclic) bond motifs is 1. The van der Waals surface area contributed by atoms with Crippen LogP contribution in [0.15, 0.2) is 30.5 Å². The summed E-state index contributed by atoms with van der Waals surface area (Å²) in [4.78, 5) is 44.0. The number of benzene rings is 1. The Hall–Kier alpha value is -3.33. The number of aromatic nitrogens is 3. The van der Waals surface area contributed by atoms with Gasteiger partial charge in [-0.25, -0.2) is 4.39 Å². The Balaban J connectivity index is 1.51. The molecule has 1 fully saturated rings. The SMILES string of the molecule is CC(=O)c1nn(CC(=O)N2C[C@H](C)C[C@H]2C(=O)NCc2cccc(Cl)c2F)c2cnc(C)cc12. The molecule has 0 unspecified atom stereocenters. The number of carbonyl (C=O) groups excluding carboxylic acids is 3. The molecule has 1 aromatic carbocycles. The van der Waals surface area contributed by atoms with Crippen molar-refractivity contribution in [2.75, 3.05) is 6.54 Å². The largest absolute Gasteiger partial charge is 0.350 e. The molecule has 1 aliphatic rings. The Morgan fingerprint density at radius 2 is 2.06 bits per heavy atom. The van der Waals surface area contributed by atoms with Crippen molar-refractivity contribution in [3.05, 3.63) is 58.3 Å². The van der Waals surface area contributed by atoms with E-state index in [1.165, 1.54) is 22.6 Å². The fourth-order valence-corrected chi connectivity index (χ4v) is 4.53. The Bertz CT molecular complexity index is 1290. The summed E-state index contributed by atoms with van der Waals surface area (Å²) in [5.74, 6) is -1.31. The fourth-order valence-electron chi connectivity index (χ4n) is 4.33. The predicted octanol–water partition coefficient (Wildman–Crippen LogP) is 3.29. The monoisotopic (exact) mass is 485 g/mol. The molecule has 10 heteroatoms. The fraction of sp³-hybridized carbons (Fsp3) is 0.375. The highest BCUT2D eigenvalue weighted by atomic mass is 35.5. The van der Waals surface area contributed by atoms with Gasteiger partial charge in [-0.15, -0.1) is 0 Å². The van der Waals surface area contributed by atoms with Crippen molar-refractivity contribution < 1.29 is 18.8 Å². The van der Waals surface area contributed by atoms with Crippen molar-refractivity contribution in [1.82, 2.24) is 25.0 Å². The van der Waals surface area contributed by atoms with Gasteiger partial charge in [0.15, 0.2) is 5.78 Å². The Morgan fingerprint density at radius 1 is 1.29 bits per heavy atom. The second kappa shape index (κ2) is 9.50. The molecule has 0 saturated carbocycles. The van der Waals surface area contributed by atoms with E-state index >= 15 is 0 Å². The van der Waals surface area contributed by atoms with Crippen LogP contribution in [0.25, 0.3) is 10.9 Å². The van der Waals surface area contributed by atoms with Crippen molar-refractivity contribution in [2.24, 2.45) is 5.92 Å². The van der Waals surface area contributed by atoms with E-state index in [-0.39, 0.29) is 52.9 Å². The topological polar surface area (TPSA) is 97.2 Å². The highest BCUT2D eigenvalue weighted by Gasteiger charge is 2.38. The zero-order valence-corrected chi connectivity index (χ0v) is 19.9. The summed E-state index contributed by atoms with van der Waals surface area (Å²) >= 11 is 5.81. The standard InChI is InChI=1S/C24H25ClFN5O3/c1-13-7-19(24(34)28-9-16-5-4-6-18(25)22(16)26)30(11-13)21(33)12-31-20-10-27-14(2)8-17(20)23(29-31)15(3)32/h4-6,8,10,13,19H,7,9,11-12H2,1-3H3,(H,28,34)/t13-,19+/m1/s1. The Morgan fingerprint density at radius 3 is 2.79 bits per heavy atom. The number of nitrogens with one attached hydrogen (secondary N) is 1. The number of carbonyl (C=O) groups is 3. The highest BCUT2D eigenvalue weighted by Crippen LogP contribution is 2.25. The van der Waals surface area contributed by atoms with Crippen LogP contribution in [0.3, 0.4) is 0 Å². The first-order valence-electron chi connectivity index (χ1n) is 11.0. The van der Waals surface area contributed by atoms with E-state index in [0.717, 1.165) is 5.69 Å². The maximum Gasteiger partial charge on any atom is 0.245 e. The highest BCUT2D eigenvalue weighted by molar-refractivity contribution is 6.30. The van der Waals surface area contributed by atoms with Crippen LogP contribution in [0.4, 0.5) is 4.39 Å². The van der Waals surface area contributed by atoms with Gasteiger partial charge in [0.05, 0.1) is 16.7 Å². The average Bonchev–Trinajstić information content (AvgIpc) is 3.35. The summed E-state index contributed by atoms with van der Waals surface area (Å²) in [5, 5.41) is 7.70. The lowest BCUT2D eigenvalue weighted by atomic mass is 10.1. The van der Waals surface area contributed by atoms with Crippen molar-refractivity contribution in [1.29, 1.82) is 0 Å². The summed E-state index contributed by atoms with van der Waals surface area (Å²) in [6.07, 6.45) is 2.09. The smallest absolute Gasteiger partial charge is 0.245 e. The number of amides is 2. The summed E-state index contributed by atoms with van der Waals surface area (Å²) in [5.41, 5.74) is 1.87. The van der Waals surface area contributed by atoms with Gasteiger partial charge >= 0.3 is 0 Å². The molecule has 3 heterocycles. The molecule has 0 radical (unpaired) electrons. The van der Waals surface area contributed by atoms with Crippen LogP contribution in [0.1, 0.15) is 42.0 Å². The maximum absolute atomic E-state index is 14.2. The van der Waals surface area contributed by atoms with Gasteiger partial charge in [-0.1, -0.05) is 30.7 Å². The van der Waals surface area contributed by atoms with E-state index in [1.807, 2.05) is 13.8 Å². The Kier molecular flexibility index (Phi) is 6.65. The van der Waals surface area contributed by atoms with Gasteiger partial charge in [0.1, 0.15) is 24.1 Å². The van der Waals surface area contributed by atoms with Crippen LogP contribution in [0.2, 0.25) is 5.02 Å². The molecule has 1 saturated heterocycles. The van der Waals surface area contributed by atoms with E-state index in [1.54, 1.807) is 24.4 Å². The number of Topliss-reactive ketones (excluding diaryl/α,β-unsaturated/α-hetero) is 1. The average molecular weight is 486 g/mol. The first-order valence-corrected chi connectivity index (χ1v) is 11.4. The van der Waals surface area contributed by atoms with Gasteiger partial charge in [-0.05, 0) is 31.4 Å². The van der Waals surface area contributed by atoms with E-state index < -0.39 is 11.9 Å². The summed E-state index contributed by atoms with van der Waals surface area (Å²) < 4.78 is 15.6. The van der Waals surface area contributed by atoms with Crippen LogP contribution in [-0.2, 0) is 22.7 Å². The molecule has 178 valence electrons. The number of halogens is 2. The quantitative estimate of drug-likeness (QED) is 0.540. The second-order valence-corrected chi connectivity index (χ2v) is 9.15. The lowest BCUT2D eigenvalue weighted by Gasteiger charge is -2.24. The van der Waals surface area contributed by atoms with E-state index in [0.29, 0.717) is 23.9 Å². The third-order valence-electron chi connectivity index (χ3n) is 6.01. The lowest BCUT2D eigenvalue weighted by Crippen LogP contribution is -2.46. The van der Waals surface area contributed by atoms with Gasteiger partial charge in [0, 0.05) is 36.7 Å². The molecule has 2 aromatic heterocycles. The van der Waals surface area contributed by atoms with Gasteiger partial charge in [-0.2, -0.15) is 5.10 Å². The number of hydrogen-bond acceptors (Lipinski definition) is 5. The van der Waals surface area contributed by atoms with Gasteiger partial charge < -0.3 is 10.2 Å². The minimum atomic E-state index is -0.681. The zero-order chi connectivity index (χ0) is 24.6. The third-order valence-corrected chi connectivity index (χ3v) is 6.30. The summed E-state index contributed by atoms with van der Waals surface area (Å²) in [6, 6.07) is 5.68. The van der Waals surface area contributed by atoms with Gasteiger partial charge in [-0.3, -0.25) is 24.0 Å². The Labute approximate surface area is 201 Å². The van der Waals surface area contributed by atoms with Gasteiger partial charge in [0.2, 0.25) is 11.8 Å². The molecule has 2 atom stereocenters. The predicted molar refractivity (Wildman–Crippen MR) is 125 cm³/mol. The molecule has 3 aromatic rings. The van der Waals surface area contributed by atoms with Crippen molar-refractivity contribution >= 4 is 40.1 Å². The van der Waals surface area contributed by atoms with Gasteiger partial charge in [0.25, 0.3) is 0 Å². The molecule has 4 rings (SSSR count). The van der Waals surface area contributed by atoms with E-state index in [4.69, 9.17) is 11.6 Å². The normalized spacial score (nSPS) is 17.9. The number of pyridine rings is 1. The van der Waals surface area contributed by atoms with E-state index in [2.05, 4.69) is 15.4 Å². The number of rotatable bonds is 6. The molecule has 1 aliphatic heterocycles. The molecule has 8 nitrogen and oxygen atoms in total.